The predicted molar refractivity (Wildman–Crippen MR) is 63.8 cm³/mol. The van der Waals surface area contributed by atoms with Gasteiger partial charge in [0.25, 0.3) is 0 Å². The lowest BCUT2D eigenvalue weighted by Gasteiger charge is -2.20. The molecule has 3 N–H and O–H groups in total. The van der Waals surface area contributed by atoms with E-state index in [1.54, 1.807) is 0 Å². The Labute approximate surface area is 102 Å². The molecule has 17 heavy (non-hydrogen) atoms. The van der Waals surface area contributed by atoms with Crippen LogP contribution in [0.1, 0.15) is 32.1 Å². The number of nitrogens with two attached hydrogens (primary N) is 1. The number of ether oxygens (including phenoxy) is 1. The molecule has 0 spiro atoms. The van der Waals surface area contributed by atoms with Crippen molar-refractivity contribution < 1.29 is 14.6 Å². The second-order valence-corrected chi connectivity index (χ2v) is 5.26. The van der Waals surface area contributed by atoms with E-state index in [-0.39, 0.29) is 0 Å². The van der Waals surface area contributed by atoms with Crippen molar-refractivity contribution in [3.8, 4) is 0 Å². The number of likely N-dealkylation sites (tertiary alicyclic amines) is 1. The first kappa shape index (κ1) is 12.8. The van der Waals surface area contributed by atoms with Crippen molar-refractivity contribution in [2.24, 2.45) is 5.73 Å². The van der Waals surface area contributed by atoms with Crippen molar-refractivity contribution in [3.05, 3.63) is 0 Å². The van der Waals surface area contributed by atoms with Gasteiger partial charge in [-0.25, -0.2) is 0 Å². The Morgan fingerprint density at radius 3 is 3.00 bits per heavy atom. The monoisotopic (exact) mass is 242 g/mol. The van der Waals surface area contributed by atoms with Gasteiger partial charge >= 0.3 is 5.97 Å². The van der Waals surface area contributed by atoms with Crippen LogP contribution in [0.3, 0.4) is 0 Å². The van der Waals surface area contributed by atoms with Crippen LogP contribution in [0.15, 0.2) is 0 Å². The van der Waals surface area contributed by atoms with Gasteiger partial charge in [0.05, 0.1) is 6.10 Å². The van der Waals surface area contributed by atoms with Crippen LogP contribution < -0.4 is 5.73 Å². The van der Waals surface area contributed by atoms with Crippen molar-refractivity contribution in [2.75, 3.05) is 26.2 Å². The van der Waals surface area contributed by atoms with Crippen molar-refractivity contribution in [1.82, 2.24) is 4.90 Å². The van der Waals surface area contributed by atoms with Gasteiger partial charge in [0.2, 0.25) is 0 Å². The highest BCUT2D eigenvalue weighted by atomic mass is 16.5. The van der Waals surface area contributed by atoms with Crippen molar-refractivity contribution in [1.29, 1.82) is 0 Å². The van der Waals surface area contributed by atoms with E-state index in [2.05, 4.69) is 4.90 Å². The number of rotatable bonds is 5. The SMILES string of the molecule is NC1(C(=O)O)CCN(CCCC2CCCO2)C1. The number of hydrogen-bond donors (Lipinski definition) is 2. The second kappa shape index (κ2) is 5.33. The van der Waals surface area contributed by atoms with E-state index < -0.39 is 11.5 Å². The summed E-state index contributed by atoms with van der Waals surface area (Å²) in [6.45, 7) is 3.12. The molecule has 5 heteroatoms. The third-order valence-corrected chi connectivity index (χ3v) is 3.83. The van der Waals surface area contributed by atoms with Crippen LogP contribution in [-0.2, 0) is 9.53 Å². The highest BCUT2D eigenvalue weighted by molar-refractivity contribution is 5.79. The zero-order valence-electron chi connectivity index (χ0n) is 10.2. The lowest BCUT2D eigenvalue weighted by Crippen LogP contribution is -2.50. The fourth-order valence-electron chi connectivity index (χ4n) is 2.69. The van der Waals surface area contributed by atoms with E-state index in [0.29, 0.717) is 19.1 Å². The molecule has 0 aromatic heterocycles. The summed E-state index contributed by atoms with van der Waals surface area (Å²) in [5, 5.41) is 9.02. The molecule has 0 aliphatic carbocycles. The fourth-order valence-corrected chi connectivity index (χ4v) is 2.69. The van der Waals surface area contributed by atoms with Gasteiger partial charge in [0, 0.05) is 19.7 Å². The molecule has 5 nitrogen and oxygen atoms in total. The molecule has 2 heterocycles. The molecule has 0 radical (unpaired) electrons. The first-order chi connectivity index (χ1) is 8.10. The van der Waals surface area contributed by atoms with E-state index in [4.69, 9.17) is 15.6 Å². The highest BCUT2D eigenvalue weighted by Gasteiger charge is 2.40. The minimum absolute atomic E-state index is 0.430. The molecular weight excluding hydrogens is 220 g/mol. The number of carboxylic acids is 1. The van der Waals surface area contributed by atoms with Crippen molar-refractivity contribution >= 4 is 5.97 Å². The Morgan fingerprint density at radius 1 is 1.59 bits per heavy atom. The van der Waals surface area contributed by atoms with Gasteiger partial charge in [-0.2, -0.15) is 0 Å². The van der Waals surface area contributed by atoms with Crippen LogP contribution in [-0.4, -0.2) is 53.9 Å². The summed E-state index contributed by atoms with van der Waals surface area (Å²) >= 11 is 0. The zero-order chi connectivity index (χ0) is 12.3. The third kappa shape index (κ3) is 3.18. The number of aliphatic carboxylic acids is 1. The van der Waals surface area contributed by atoms with E-state index in [1.807, 2.05) is 0 Å². The Balaban J connectivity index is 1.66. The van der Waals surface area contributed by atoms with E-state index >= 15 is 0 Å². The smallest absolute Gasteiger partial charge is 0.325 e. The number of nitrogens with zero attached hydrogens (tertiary/aromatic N) is 1. The average Bonchev–Trinajstić information content (AvgIpc) is 2.89. The normalized spacial score (nSPS) is 34.3. The molecule has 2 atom stereocenters. The maximum absolute atomic E-state index is 11.0. The van der Waals surface area contributed by atoms with Crippen LogP contribution in [0.5, 0.6) is 0 Å². The molecule has 2 aliphatic heterocycles. The molecule has 0 aromatic carbocycles. The summed E-state index contributed by atoms with van der Waals surface area (Å²) < 4.78 is 5.56. The molecule has 2 fully saturated rings. The number of carbonyl (C=O) groups is 1. The standard InChI is InChI=1S/C12H22N2O3/c13-12(11(15)16)5-7-14(9-12)6-1-3-10-4-2-8-17-10/h10H,1-9,13H2,(H,15,16). The van der Waals surface area contributed by atoms with Gasteiger partial charge in [0.15, 0.2) is 0 Å². The van der Waals surface area contributed by atoms with Gasteiger partial charge in [0.1, 0.15) is 5.54 Å². The van der Waals surface area contributed by atoms with Crippen LogP contribution in [0.4, 0.5) is 0 Å². The molecule has 2 saturated heterocycles. The molecular formula is C12H22N2O3. The number of hydrogen-bond acceptors (Lipinski definition) is 4. The summed E-state index contributed by atoms with van der Waals surface area (Å²) in [6.07, 6.45) is 5.50. The molecule has 0 aromatic rings. The summed E-state index contributed by atoms with van der Waals surface area (Å²) in [7, 11) is 0. The molecule has 2 unspecified atom stereocenters. The second-order valence-electron chi connectivity index (χ2n) is 5.26. The van der Waals surface area contributed by atoms with E-state index in [0.717, 1.165) is 32.5 Å². The van der Waals surface area contributed by atoms with Crippen LogP contribution in [0, 0.1) is 0 Å². The molecule has 0 amide bonds. The molecule has 98 valence electrons. The topological polar surface area (TPSA) is 75.8 Å². The molecule has 2 rings (SSSR count). The zero-order valence-corrected chi connectivity index (χ0v) is 10.2. The summed E-state index contributed by atoms with van der Waals surface area (Å²) in [5.41, 5.74) is 4.80. The first-order valence-electron chi connectivity index (χ1n) is 6.46. The lowest BCUT2D eigenvalue weighted by atomic mass is 10.0. The predicted octanol–water partition coefficient (Wildman–Crippen LogP) is 0.433. The van der Waals surface area contributed by atoms with Gasteiger partial charge in [-0.05, 0) is 38.6 Å². The Morgan fingerprint density at radius 2 is 2.41 bits per heavy atom. The van der Waals surface area contributed by atoms with E-state index in [1.165, 1.54) is 12.8 Å². The minimum atomic E-state index is -1.02. The quantitative estimate of drug-likeness (QED) is 0.731. The molecule has 0 saturated carbocycles. The minimum Gasteiger partial charge on any atom is -0.480 e. The van der Waals surface area contributed by atoms with Crippen LogP contribution in [0.2, 0.25) is 0 Å². The maximum atomic E-state index is 11.0. The maximum Gasteiger partial charge on any atom is 0.325 e. The number of carboxylic acid groups (broad SMARTS) is 1. The average molecular weight is 242 g/mol. The molecule has 2 aliphatic rings. The van der Waals surface area contributed by atoms with Gasteiger partial charge in [-0.15, -0.1) is 0 Å². The Bertz CT molecular complexity index is 279. The van der Waals surface area contributed by atoms with Crippen LogP contribution >= 0.6 is 0 Å². The summed E-state index contributed by atoms with van der Waals surface area (Å²) in [4.78, 5) is 13.1. The fraction of sp³-hybridized carbons (Fsp3) is 0.917. The first-order valence-corrected chi connectivity index (χ1v) is 6.46. The van der Waals surface area contributed by atoms with Crippen LogP contribution in [0.25, 0.3) is 0 Å². The summed E-state index contributed by atoms with van der Waals surface area (Å²) in [5.74, 6) is -0.876. The van der Waals surface area contributed by atoms with Crippen molar-refractivity contribution in [2.45, 2.75) is 43.7 Å². The highest BCUT2D eigenvalue weighted by Crippen LogP contribution is 2.21. The Hall–Kier alpha value is -0.650. The van der Waals surface area contributed by atoms with E-state index in [9.17, 15) is 4.79 Å². The third-order valence-electron chi connectivity index (χ3n) is 3.83. The Kier molecular flexibility index (Phi) is 4.01. The van der Waals surface area contributed by atoms with Gasteiger partial charge in [-0.1, -0.05) is 0 Å². The van der Waals surface area contributed by atoms with Crippen molar-refractivity contribution in [3.63, 3.8) is 0 Å². The summed E-state index contributed by atoms with van der Waals surface area (Å²) in [6, 6.07) is 0. The molecule has 0 bridgehead atoms. The van der Waals surface area contributed by atoms with Gasteiger partial charge in [-0.3, -0.25) is 4.79 Å². The van der Waals surface area contributed by atoms with Gasteiger partial charge < -0.3 is 20.5 Å². The largest absolute Gasteiger partial charge is 0.480 e. The lowest BCUT2D eigenvalue weighted by molar-refractivity contribution is -0.142.